The van der Waals surface area contributed by atoms with Crippen molar-refractivity contribution in [2.45, 2.75) is 18.6 Å². The average molecular weight is 236 g/mol. The van der Waals surface area contributed by atoms with Gasteiger partial charge in [-0.2, -0.15) is 0 Å². The SMILES string of the molecule is CC(C)(SS)c1c(O)ccc(F)c1F. The van der Waals surface area contributed by atoms with Gasteiger partial charge in [0, 0.05) is 5.56 Å². The topological polar surface area (TPSA) is 20.2 Å². The van der Waals surface area contributed by atoms with Crippen LogP contribution in [0, 0.1) is 11.6 Å². The molecule has 78 valence electrons. The third-order valence-electron chi connectivity index (χ3n) is 1.90. The van der Waals surface area contributed by atoms with Gasteiger partial charge in [-0.15, -0.1) is 11.7 Å². The summed E-state index contributed by atoms with van der Waals surface area (Å²) in [4.78, 5) is 0. The van der Waals surface area contributed by atoms with Crippen molar-refractivity contribution in [3.05, 3.63) is 29.3 Å². The Morgan fingerprint density at radius 3 is 2.43 bits per heavy atom. The van der Waals surface area contributed by atoms with Gasteiger partial charge in [0.15, 0.2) is 11.6 Å². The third-order valence-corrected chi connectivity index (χ3v) is 3.93. The van der Waals surface area contributed by atoms with Crippen molar-refractivity contribution >= 4 is 22.5 Å². The largest absolute Gasteiger partial charge is 0.508 e. The van der Waals surface area contributed by atoms with Crippen LogP contribution in [0.15, 0.2) is 12.1 Å². The van der Waals surface area contributed by atoms with Gasteiger partial charge >= 0.3 is 0 Å². The van der Waals surface area contributed by atoms with Crippen molar-refractivity contribution in [1.82, 2.24) is 0 Å². The molecule has 0 heterocycles. The first-order chi connectivity index (χ1) is 6.40. The molecule has 0 aliphatic carbocycles. The molecule has 0 radical (unpaired) electrons. The van der Waals surface area contributed by atoms with Crippen LogP contribution < -0.4 is 0 Å². The summed E-state index contributed by atoms with van der Waals surface area (Å²) >= 11 is 3.96. The second kappa shape index (κ2) is 3.98. The molecule has 0 saturated carbocycles. The van der Waals surface area contributed by atoms with E-state index in [2.05, 4.69) is 11.7 Å². The quantitative estimate of drug-likeness (QED) is 0.605. The van der Waals surface area contributed by atoms with Crippen molar-refractivity contribution in [3.63, 3.8) is 0 Å². The molecule has 0 spiro atoms. The fraction of sp³-hybridized carbons (Fsp3) is 0.333. The molecule has 0 unspecified atom stereocenters. The third kappa shape index (κ3) is 1.98. The van der Waals surface area contributed by atoms with E-state index >= 15 is 0 Å². The molecular weight excluding hydrogens is 226 g/mol. The molecule has 14 heavy (non-hydrogen) atoms. The van der Waals surface area contributed by atoms with Gasteiger partial charge in [0.1, 0.15) is 5.75 Å². The summed E-state index contributed by atoms with van der Waals surface area (Å²) in [6, 6.07) is 2.03. The van der Waals surface area contributed by atoms with Crippen LogP contribution >= 0.6 is 22.5 Å². The zero-order valence-corrected chi connectivity index (χ0v) is 9.42. The van der Waals surface area contributed by atoms with Gasteiger partial charge in [-0.1, -0.05) is 10.8 Å². The smallest absolute Gasteiger partial charge is 0.167 e. The second-order valence-corrected chi connectivity index (χ2v) is 5.11. The number of phenols is 1. The standard InChI is InChI=1S/C9H10F2OS2/c1-9(2,14-13)7-6(12)4-3-5(10)8(7)11/h3-4,12-13H,1-2H3. The molecular formula is C9H10F2OS2. The maximum absolute atomic E-state index is 13.4. The van der Waals surface area contributed by atoms with Crippen LogP contribution in [0.5, 0.6) is 5.75 Å². The monoisotopic (exact) mass is 236 g/mol. The number of benzene rings is 1. The lowest BCUT2D eigenvalue weighted by Gasteiger charge is -2.23. The molecule has 0 aliphatic rings. The Bertz CT molecular complexity index is 353. The van der Waals surface area contributed by atoms with Crippen molar-refractivity contribution in [1.29, 1.82) is 0 Å². The lowest BCUT2D eigenvalue weighted by atomic mass is 10.0. The Hall–Kier alpha value is -0.420. The number of thiol groups is 1. The minimum atomic E-state index is -1.02. The number of halogens is 2. The summed E-state index contributed by atoms with van der Waals surface area (Å²) < 4.78 is 25.5. The molecule has 1 aromatic carbocycles. The van der Waals surface area contributed by atoms with E-state index in [1.807, 2.05) is 0 Å². The average Bonchev–Trinajstić information content (AvgIpc) is 2.12. The van der Waals surface area contributed by atoms with E-state index in [-0.39, 0.29) is 11.3 Å². The van der Waals surface area contributed by atoms with E-state index in [1.165, 1.54) is 0 Å². The van der Waals surface area contributed by atoms with E-state index in [1.54, 1.807) is 13.8 Å². The highest BCUT2D eigenvalue weighted by molar-refractivity contribution is 8.69. The summed E-state index contributed by atoms with van der Waals surface area (Å²) in [6.07, 6.45) is 0. The molecule has 1 rings (SSSR count). The predicted octanol–water partition coefficient (Wildman–Crippen LogP) is 3.48. The Balaban J connectivity index is 3.40. The lowest BCUT2D eigenvalue weighted by Crippen LogP contribution is -2.13. The van der Waals surface area contributed by atoms with Crippen LogP contribution in [0.3, 0.4) is 0 Å². The maximum Gasteiger partial charge on any atom is 0.167 e. The molecule has 1 aromatic rings. The van der Waals surface area contributed by atoms with Crippen LogP contribution in [0.25, 0.3) is 0 Å². The van der Waals surface area contributed by atoms with Crippen molar-refractivity contribution < 1.29 is 13.9 Å². The number of hydrogen-bond donors (Lipinski definition) is 2. The second-order valence-electron chi connectivity index (χ2n) is 3.36. The maximum atomic E-state index is 13.4. The summed E-state index contributed by atoms with van der Waals surface area (Å²) in [5.74, 6) is -2.24. The fourth-order valence-electron chi connectivity index (χ4n) is 1.16. The molecule has 0 aliphatic heterocycles. The highest BCUT2D eigenvalue weighted by Gasteiger charge is 2.29. The van der Waals surface area contributed by atoms with Crippen LogP contribution in [0.1, 0.15) is 19.4 Å². The summed E-state index contributed by atoms with van der Waals surface area (Å²) in [5.41, 5.74) is -0.0579. The number of hydrogen-bond acceptors (Lipinski definition) is 3. The number of aromatic hydroxyl groups is 1. The molecule has 1 N–H and O–H groups in total. The minimum absolute atomic E-state index is 0.0579. The Kier molecular flexibility index (Phi) is 3.32. The van der Waals surface area contributed by atoms with Gasteiger partial charge in [-0.3, -0.25) is 0 Å². The van der Waals surface area contributed by atoms with Crippen LogP contribution in [-0.4, -0.2) is 5.11 Å². The molecule has 5 heteroatoms. The Morgan fingerprint density at radius 2 is 1.93 bits per heavy atom. The molecule has 0 amide bonds. The summed E-state index contributed by atoms with van der Waals surface area (Å²) in [5, 5.41) is 9.43. The van der Waals surface area contributed by atoms with E-state index in [9.17, 15) is 13.9 Å². The highest BCUT2D eigenvalue weighted by Crippen LogP contribution is 2.43. The van der Waals surface area contributed by atoms with Gasteiger partial charge in [0.25, 0.3) is 0 Å². The lowest BCUT2D eigenvalue weighted by molar-refractivity contribution is 0.431. The van der Waals surface area contributed by atoms with E-state index in [0.717, 1.165) is 22.9 Å². The van der Waals surface area contributed by atoms with Crippen molar-refractivity contribution in [2.75, 3.05) is 0 Å². The van der Waals surface area contributed by atoms with Crippen LogP contribution in [0.2, 0.25) is 0 Å². The molecule has 0 atom stereocenters. The first-order valence-electron chi connectivity index (χ1n) is 3.90. The normalized spacial score (nSPS) is 11.8. The van der Waals surface area contributed by atoms with Crippen molar-refractivity contribution in [3.8, 4) is 5.75 Å². The number of rotatable bonds is 2. The minimum Gasteiger partial charge on any atom is -0.508 e. The molecule has 1 nitrogen and oxygen atoms in total. The van der Waals surface area contributed by atoms with E-state index in [0.29, 0.717) is 0 Å². The van der Waals surface area contributed by atoms with Gasteiger partial charge in [-0.05, 0) is 26.0 Å². The first kappa shape index (κ1) is 11.7. The summed E-state index contributed by atoms with van der Waals surface area (Å²) in [7, 11) is 1.04. The first-order valence-corrected chi connectivity index (χ1v) is 5.77. The van der Waals surface area contributed by atoms with E-state index < -0.39 is 16.4 Å². The zero-order valence-electron chi connectivity index (χ0n) is 7.71. The van der Waals surface area contributed by atoms with Crippen molar-refractivity contribution in [2.24, 2.45) is 0 Å². The molecule has 0 saturated heterocycles. The van der Waals surface area contributed by atoms with E-state index in [4.69, 9.17) is 0 Å². The Labute approximate surface area is 90.3 Å². The predicted molar refractivity (Wildman–Crippen MR) is 57.6 cm³/mol. The summed E-state index contributed by atoms with van der Waals surface area (Å²) in [6.45, 7) is 3.31. The van der Waals surface area contributed by atoms with Gasteiger partial charge in [-0.25, -0.2) is 8.78 Å². The van der Waals surface area contributed by atoms with Gasteiger partial charge in [0.2, 0.25) is 0 Å². The Morgan fingerprint density at radius 1 is 1.36 bits per heavy atom. The number of phenolic OH excluding ortho intramolecular Hbond substituents is 1. The zero-order chi connectivity index (χ0) is 10.9. The molecule has 0 fully saturated rings. The molecule has 0 bridgehead atoms. The van der Waals surface area contributed by atoms with Gasteiger partial charge in [0.05, 0.1) is 4.75 Å². The van der Waals surface area contributed by atoms with Crippen LogP contribution in [0.4, 0.5) is 8.78 Å². The van der Waals surface area contributed by atoms with Crippen LogP contribution in [-0.2, 0) is 4.75 Å². The molecule has 0 aromatic heterocycles. The highest BCUT2D eigenvalue weighted by atomic mass is 33.1. The fourth-order valence-corrected chi connectivity index (χ4v) is 1.72. The van der Waals surface area contributed by atoms with Gasteiger partial charge < -0.3 is 5.11 Å².